The summed E-state index contributed by atoms with van der Waals surface area (Å²) in [6, 6.07) is 1.96. The summed E-state index contributed by atoms with van der Waals surface area (Å²) in [7, 11) is 0. The summed E-state index contributed by atoms with van der Waals surface area (Å²) in [5.74, 6) is 1.95. The van der Waals surface area contributed by atoms with Gasteiger partial charge in [-0.1, -0.05) is 12.8 Å². The van der Waals surface area contributed by atoms with E-state index in [0.717, 1.165) is 31.5 Å². The first-order valence-corrected chi connectivity index (χ1v) is 9.95. The summed E-state index contributed by atoms with van der Waals surface area (Å²) in [4.78, 5) is 32.2. The highest BCUT2D eigenvalue weighted by Crippen LogP contribution is 2.33. The van der Waals surface area contributed by atoms with Crippen LogP contribution in [-0.2, 0) is 4.79 Å². The van der Waals surface area contributed by atoms with Crippen molar-refractivity contribution in [1.29, 1.82) is 0 Å². The Morgan fingerprint density at radius 1 is 1.07 bits per heavy atom. The molecule has 1 saturated heterocycles. The molecule has 0 bridgehead atoms. The fraction of sp³-hybridized carbons (Fsp3) is 0.550. The second kappa shape index (κ2) is 8.41. The van der Waals surface area contributed by atoms with Crippen molar-refractivity contribution in [2.45, 2.75) is 57.4 Å². The molecule has 2 aromatic rings. The van der Waals surface area contributed by atoms with Crippen molar-refractivity contribution in [3.63, 3.8) is 0 Å². The smallest absolute Gasteiger partial charge is 0.228 e. The highest BCUT2D eigenvalue weighted by Gasteiger charge is 2.31. The van der Waals surface area contributed by atoms with E-state index in [1.54, 1.807) is 24.8 Å². The lowest BCUT2D eigenvalue weighted by Gasteiger charge is -2.36. The molecule has 1 atom stereocenters. The van der Waals surface area contributed by atoms with Crippen LogP contribution in [0.3, 0.4) is 0 Å². The molecule has 0 spiro atoms. The molecule has 1 aliphatic heterocycles. The third-order valence-electron chi connectivity index (χ3n) is 5.58. The third kappa shape index (κ3) is 4.40. The Balaban J connectivity index is 1.49. The molecule has 0 aromatic carbocycles. The quantitative estimate of drug-likeness (QED) is 0.870. The number of aromatic nitrogens is 4. The Morgan fingerprint density at radius 3 is 2.74 bits per heavy atom. The molecule has 1 amide bonds. The number of hydrogen-bond acceptors (Lipinski definition) is 6. The van der Waals surface area contributed by atoms with Gasteiger partial charge in [-0.2, -0.15) is 0 Å². The van der Waals surface area contributed by atoms with Crippen molar-refractivity contribution in [3.05, 3.63) is 36.5 Å². The van der Waals surface area contributed by atoms with Gasteiger partial charge in [0.05, 0.1) is 17.9 Å². The van der Waals surface area contributed by atoms with E-state index in [9.17, 15) is 4.79 Å². The summed E-state index contributed by atoms with van der Waals surface area (Å²) >= 11 is 0. The van der Waals surface area contributed by atoms with Crippen molar-refractivity contribution < 1.29 is 4.79 Å². The number of rotatable bonds is 5. The molecule has 1 aliphatic carbocycles. The number of nitrogens with zero attached hydrogens (tertiary/aromatic N) is 5. The van der Waals surface area contributed by atoms with Gasteiger partial charge in [0.2, 0.25) is 11.9 Å². The lowest BCUT2D eigenvalue weighted by atomic mass is 9.96. The fourth-order valence-corrected chi connectivity index (χ4v) is 4.21. The van der Waals surface area contributed by atoms with E-state index in [-0.39, 0.29) is 11.9 Å². The lowest BCUT2D eigenvalue weighted by molar-refractivity contribution is -0.136. The monoisotopic (exact) mass is 366 g/mol. The first kappa shape index (κ1) is 17.8. The maximum absolute atomic E-state index is 13.0. The molecular formula is C20H26N6O. The van der Waals surface area contributed by atoms with Gasteiger partial charge in [0.25, 0.3) is 0 Å². The highest BCUT2D eigenvalue weighted by molar-refractivity contribution is 5.77. The predicted octanol–water partition coefficient (Wildman–Crippen LogP) is 3.64. The maximum atomic E-state index is 13.0. The van der Waals surface area contributed by atoms with E-state index in [1.807, 2.05) is 6.07 Å². The zero-order valence-corrected chi connectivity index (χ0v) is 15.5. The van der Waals surface area contributed by atoms with Crippen LogP contribution in [-0.4, -0.2) is 37.3 Å². The fourth-order valence-electron chi connectivity index (χ4n) is 4.21. The average molecular weight is 366 g/mol. The largest absolute Gasteiger partial charge is 0.334 e. The van der Waals surface area contributed by atoms with Crippen molar-refractivity contribution in [3.8, 4) is 0 Å². The summed E-state index contributed by atoms with van der Waals surface area (Å²) in [6.07, 6.45) is 15.4. The topological polar surface area (TPSA) is 83.9 Å². The first-order chi connectivity index (χ1) is 13.3. The van der Waals surface area contributed by atoms with Crippen molar-refractivity contribution in [1.82, 2.24) is 24.8 Å². The number of anilines is 2. The molecule has 142 valence electrons. The van der Waals surface area contributed by atoms with Crippen LogP contribution in [0.4, 0.5) is 11.8 Å². The minimum atomic E-state index is 0.0399. The number of amides is 1. The van der Waals surface area contributed by atoms with Gasteiger partial charge in [-0.25, -0.2) is 15.0 Å². The van der Waals surface area contributed by atoms with E-state index < -0.39 is 0 Å². The molecular weight excluding hydrogens is 340 g/mol. The van der Waals surface area contributed by atoms with E-state index in [0.29, 0.717) is 24.1 Å². The molecule has 1 saturated carbocycles. The summed E-state index contributed by atoms with van der Waals surface area (Å²) < 4.78 is 0. The van der Waals surface area contributed by atoms with Gasteiger partial charge in [0.1, 0.15) is 0 Å². The standard InChI is InChI=1S/C20H26N6O/c27-19(13-15-5-1-2-6-15)26-12-4-3-7-17(26)16-8-9-23-20(24-16)25-18-14-21-10-11-22-18/h8-11,14-15,17H,1-7,12-13H2,(H,22,23,24,25)/t17-/m1/s1. The maximum Gasteiger partial charge on any atom is 0.228 e. The van der Waals surface area contributed by atoms with Crippen LogP contribution in [0.1, 0.15) is 63.1 Å². The van der Waals surface area contributed by atoms with Crippen molar-refractivity contribution in [2.75, 3.05) is 11.9 Å². The minimum absolute atomic E-state index is 0.0399. The first-order valence-electron chi connectivity index (χ1n) is 9.95. The molecule has 0 unspecified atom stereocenters. The molecule has 4 rings (SSSR count). The van der Waals surface area contributed by atoms with E-state index >= 15 is 0 Å². The Hall–Kier alpha value is -2.57. The number of carbonyl (C=O) groups excluding carboxylic acids is 1. The SMILES string of the molecule is O=C(CC1CCCC1)N1CCCC[C@@H]1c1ccnc(Nc2cnccn2)n1. The molecule has 3 heterocycles. The number of nitrogens with one attached hydrogen (secondary N) is 1. The van der Waals surface area contributed by atoms with Crippen LogP contribution in [0, 0.1) is 5.92 Å². The van der Waals surface area contributed by atoms with Crippen molar-refractivity contribution >= 4 is 17.7 Å². The summed E-state index contributed by atoms with van der Waals surface area (Å²) in [6.45, 7) is 0.827. The second-order valence-electron chi connectivity index (χ2n) is 7.47. The van der Waals surface area contributed by atoms with Gasteiger partial charge in [0, 0.05) is 31.6 Å². The normalized spacial score (nSPS) is 20.6. The Bertz CT molecular complexity index is 762. The molecule has 7 heteroatoms. The van der Waals surface area contributed by atoms with Crippen LogP contribution >= 0.6 is 0 Å². The van der Waals surface area contributed by atoms with Crippen LogP contribution in [0.5, 0.6) is 0 Å². The van der Waals surface area contributed by atoms with Gasteiger partial charge >= 0.3 is 0 Å². The molecule has 2 fully saturated rings. The number of hydrogen-bond donors (Lipinski definition) is 1. The van der Waals surface area contributed by atoms with Gasteiger partial charge < -0.3 is 10.2 Å². The average Bonchev–Trinajstić information content (AvgIpc) is 3.22. The Labute approximate surface area is 159 Å². The van der Waals surface area contributed by atoms with E-state index in [1.165, 1.54) is 25.7 Å². The molecule has 27 heavy (non-hydrogen) atoms. The molecule has 7 nitrogen and oxygen atoms in total. The van der Waals surface area contributed by atoms with Crippen molar-refractivity contribution in [2.24, 2.45) is 5.92 Å². The van der Waals surface area contributed by atoms with Gasteiger partial charge in [-0.15, -0.1) is 0 Å². The zero-order valence-electron chi connectivity index (χ0n) is 15.5. The Kier molecular flexibility index (Phi) is 5.55. The molecule has 2 aliphatic rings. The number of piperidine rings is 1. The predicted molar refractivity (Wildman–Crippen MR) is 102 cm³/mol. The van der Waals surface area contributed by atoms with E-state index in [4.69, 9.17) is 0 Å². The third-order valence-corrected chi connectivity index (χ3v) is 5.58. The van der Waals surface area contributed by atoms with Crippen LogP contribution in [0.2, 0.25) is 0 Å². The second-order valence-corrected chi connectivity index (χ2v) is 7.47. The summed E-state index contributed by atoms with van der Waals surface area (Å²) in [5.41, 5.74) is 0.899. The van der Waals surface area contributed by atoms with Crippen LogP contribution in [0.25, 0.3) is 0 Å². The summed E-state index contributed by atoms with van der Waals surface area (Å²) in [5, 5.41) is 3.09. The van der Waals surface area contributed by atoms with Crippen LogP contribution < -0.4 is 5.32 Å². The van der Waals surface area contributed by atoms with Gasteiger partial charge in [-0.05, 0) is 44.1 Å². The molecule has 2 aromatic heterocycles. The highest BCUT2D eigenvalue weighted by atomic mass is 16.2. The molecule has 0 radical (unpaired) electrons. The molecule has 1 N–H and O–H groups in total. The lowest BCUT2D eigenvalue weighted by Crippen LogP contribution is -2.39. The number of carbonyl (C=O) groups is 1. The number of likely N-dealkylation sites (tertiary alicyclic amines) is 1. The van der Waals surface area contributed by atoms with Gasteiger partial charge in [0.15, 0.2) is 5.82 Å². The van der Waals surface area contributed by atoms with Crippen LogP contribution in [0.15, 0.2) is 30.9 Å². The zero-order chi connectivity index (χ0) is 18.5. The minimum Gasteiger partial charge on any atom is -0.334 e. The van der Waals surface area contributed by atoms with Gasteiger partial charge in [-0.3, -0.25) is 9.78 Å². The Morgan fingerprint density at radius 2 is 1.93 bits per heavy atom. The van der Waals surface area contributed by atoms with E-state index in [2.05, 4.69) is 30.2 Å².